The summed E-state index contributed by atoms with van der Waals surface area (Å²) in [5.41, 5.74) is -0.219. The summed E-state index contributed by atoms with van der Waals surface area (Å²) in [6.45, 7) is 0.878. The number of rotatable bonds is 12. The Labute approximate surface area is 193 Å². The van der Waals surface area contributed by atoms with Crippen LogP contribution in [-0.2, 0) is 9.59 Å². The number of carbonyl (C=O) groups excluding carboxylic acids is 1. The van der Waals surface area contributed by atoms with Crippen LogP contribution in [0.3, 0.4) is 0 Å². The van der Waals surface area contributed by atoms with Crippen LogP contribution in [0.25, 0.3) is 0 Å². The van der Waals surface area contributed by atoms with E-state index in [2.05, 4.69) is 45.2 Å². The molecule has 12 heteroatoms. The van der Waals surface area contributed by atoms with Crippen molar-refractivity contribution in [2.24, 2.45) is 0 Å². The number of benzene rings is 1. The predicted molar refractivity (Wildman–Crippen MR) is 118 cm³/mol. The zero-order valence-electron chi connectivity index (χ0n) is 15.2. The van der Waals surface area contributed by atoms with Gasteiger partial charge in [0.1, 0.15) is 17.5 Å². The lowest BCUT2D eigenvalue weighted by molar-refractivity contribution is -0.140. The number of hydrogen-bond donors (Lipinski definition) is 3. The number of carboxylic acids is 2. The highest BCUT2D eigenvalue weighted by Crippen LogP contribution is 2.28. The molecular weight excluding hydrogens is 620 g/mol. The Hall–Kier alpha value is -1.45. The average molecular weight is 640 g/mol. The van der Waals surface area contributed by atoms with Crippen molar-refractivity contribution in [2.75, 3.05) is 26.8 Å². The lowest BCUT2D eigenvalue weighted by Gasteiger charge is -2.24. The summed E-state index contributed by atoms with van der Waals surface area (Å²) < 4.78 is 35.0. The number of carbonyl (C=O) groups is 3. The normalized spacial score (nSPS) is 11.6. The first kappa shape index (κ1) is 25.6. The van der Waals surface area contributed by atoms with E-state index in [0.717, 1.165) is 12.1 Å². The molecule has 0 aromatic heterocycles. The van der Waals surface area contributed by atoms with Gasteiger partial charge in [0, 0.05) is 40.5 Å². The first-order valence-electron chi connectivity index (χ1n) is 8.48. The van der Waals surface area contributed by atoms with Crippen LogP contribution in [0.15, 0.2) is 12.1 Å². The molecule has 0 heterocycles. The topological polar surface area (TPSA) is 116 Å². The Balaban J connectivity index is 2.85. The third kappa shape index (κ3) is 8.84. The van der Waals surface area contributed by atoms with Gasteiger partial charge in [-0.1, -0.05) is 45.2 Å². The van der Waals surface area contributed by atoms with E-state index in [0.29, 0.717) is 21.9 Å². The van der Waals surface area contributed by atoms with E-state index in [4.69, 9.17) is 14.9 Å². The van der Waals surface area contributed by atoms with E-state index in [1.807, 2.05) is 5.32 Å². The van der Waals surface area contributed by atoms with Crippen LogP contribution in [0.1, 0.15) is 19.3 Å². The van der Waals surface area contributed by atoms with Crippen molar-refractivity contribution in [2.45, 2.75) is 25.3 Å². The Bertz CT molecular complexity index is 709. The molecule has 1 aromatic rings. The minimum absolute atomic E-state index is 0.0218. The van der Waals surface area contributed by atoms with E-state index < -0.39 is 41.5 Å². The Morgan fingerprint density at radius 3 is 2.10 bits per heavy atom. The number of nitrogens with zero attached hydrogens (tertiary/aromatic N) is 1. The van der Waals surface area contributed by atoms with Gasteiger partial charge in [-0.2, -0.15) is 0 Å². The maximum absolute atomic E-state index is 14.4. The van der Waals surface area contributed by atoms with E-state index in [1.54, 1.807) is 4.90 Å². The fourth-order valence-electron chi connectivity index (χ4n) is 2.44. The molecule has 0 fully saturated rings. The number of anilines is 1. The molecule has 162 valence electrons. The molecule has 29 heavy (non-hydrogen) atoms. The highest BCUT2D eigenvalue weighted by atomic mass is 127. The molecule has 1 amide bonds. The summed E-state index contributed by atoms with van der Waals surface area (Å²) in [4.78, 5) is 35.1. The molecule has 1 atom stereocenters. The van der Waals surface area contributed by atoms with Gasteiger partial charge in [-0.15, -0.1) is 0 Å². The van der Waals surface area contributed by atoms with Gasteiger partial charge in [0.2, 0.25) is 0 Å². The number of halogens is 4. The van der Waals surface area contributed by atoms with Gasteiger partial charge in [-0.05, 0) is 12.8 Å². The van der Waals surface area contributed by atoms with Crippen molar-refractivity contribution < 1.29 is 38.1 Å². The van der Waals surface area contributed by atoms with Crippen molar-refractivity contribution in [3.05, 3.63) is 23.8 Å². The molecule has 0 bridgehead atoms. The van der Waals surface area contributed by atoms with Crippen molar-refractivity contribution >= 4 is 68.9 Å². The zero-order chi connectivity index (χ0) is 22.0. The van der Waals surface area contributed by atoms with Crippen LogP contribution < -0.4 is 15.0 Å². The number of ether oxygens (including phenoxy) is 1. The quantitative estimate of drug-likeness (QED) is 0.237. The second-order valence-corrected chi connectivity index (χ2v) is 7.97. The van der Waals surface area contributed by atoms with Crippen LogP contribution in [0.4, 0.5) is 19.3 Å². The molecule has 1 rings (SSSR count). The van der Waals surface area contributed by atoms with Crippen molar-refractivity contribution in [1.29, 1.82) is 0 Å². The fraction of sp³-hybridized carbons (Fsp3) is 0.471. The highest BCUT2D eigenvalue weighted by molar-refractivity contribution is 14.1. The molecule has 0 spiro atoms. The Kier molecular flexibility index (Phi) is 11.4. The molecule has 8 nitrogen and oxygen atoms in total. The molecule has 1 aromatic carbocycles. The number of amides is 1. The molecule has 0 aliphatic rings. The Morgan fingerprint density at radius 1 is 1.10 bits per heavy atom. The second-order valence-electron chi connectivity index (χ2n) is 5.81. The molecule has 0 aliphatic heterocycles. The van der Waals surface area contributed by atoms with Crippen molar-refractivity contribution in [3.8, 4) is 5.75 Å². The summed E-state index contributed by atoms with van der Waals surface area (Å²) in [6.07, 6.45) is -1.59. The van der Waals surface area contributed by atoms with Gasteiger partial charge < -0.3 is 25.2 Å². The van der Waals surface area contributed by atoms with Crippen LogP contribution >= 0.6 is 45.2 Å². The number of hydrogen-bond acceptors (Lipinski definition) is 5. The minimum atomic E-state index is -1.39. The van der Waals surface area contributed by atoms with E-state index >= 15 is 0 Å². The molecular formula is C17H20F2I2N2O6. The SMILES string of the molecule is O=C(O)CCC[C@H](NC(=O)Oc1cc(F)c(N(CCI)CCI)c(F)c1)C(=O)O. The maximum atomic E-state index is 14.4. The predicted octanol–water partition coefficient (Wildman–Crippen LogP) is 3.44. The van der Waals surface area contributed by atoms with Crippen LogP contribution in [0.2, 0.25) is 0 Å². The number of carboxylic acid groups (broad SMARTS) is 2. The summed E-state index contributed by atoms with van der Waals surface area (Å²) >= 11 is 4.19. The highest BCUT2D eigenvalue weighted by Gasteiger charge is 2.23. The molecule has 0 saturated carbocycles. The van der Waals surface area contributed by atoms with Gasteiger partial charge in [-0.3, -0.25) is 4.79 Å². The number of alkyl halides is 2. The third-order valence-corrected chi connectivity index (χ3v) is 4.66. The van der Waals surface area contributed by atoms with Crippen LogP contribution in [0.5, 0.6) is 5.75 Å². The van der Waals surface area contributed by atoms with Gasteiger partial charge in [0.05, 0.1) is 0 Å². The third-order valence-electron chi connectivity index (χ3n) is 3.70. The van der Waals surface area contributed by atoms with Gasteiger partial charge in [-0.25, -0.2) is 18.4 Å². The molecule has 0 unspecified atom stereocenters. The first-order valence-corrected chi connectivity index (χ1v) is 11.5. The number of nitrogens with one attached hydrogen (secondary N) is 1. The first-order chi connectivity index (χ1) is 13.7. The molecule has 0 saturated heterocycles. The zero-order valence-corrected chi connectivity index (χ0v) is 19.5. The second kappa shape index (κ2) is 13.0. The average Bonchev–Trinajstić information content (AvgIpc) is 2.60. The lowest BCUT2D eigenvalue weighted by atomic mass is 10.1. The summed E-state index contributed by atoms with van der Waals surface area (Å²) in [6, 6.07) is 0.315. The monoisotopic (exact) mass is 640 g/mol. The molecule has 0 aliphatic carbocycles. The minimum Gasteiger partial charge on any atom is -0.481 e. The van der Waals surface area contributed by atoms with E-state index in [9.17, 15) is 23.2 Å². The standard InChI is InChI=1S/C17H20F2I2N2O6/c18-11-8-10(9-12(19)15(11)23(6-4-20)7-5-21)29-17(28)22-13(16(26)27)2-1-3-14(24)25/h8-9,13H,1-7H2,(H,22,28)(H,24,25)(H,26,27)/t13-/m0/s1. The molecule has 0 radical (unpaired) electrons. The summed E-state index contributed by atoms with van der Waals surface area (Å²) in [5.74, 6) is -4.70. The van der Waals surface area contributed by atoms with Gasteiger partial charge in [0.25, 0.3) is 0 Å². The largest absolute Gasteiger partial charge is 0.481 e. The van der Waals surface area contributed by atoms with Crippen LogP contribution in [0, 0.1) is 11.6 Å². The van der Waals surface area contributed by atoms with Crippen LogP contribution in [-0.4, -0.2) is 56.2 Å². The van der Waals surface area contributed by atoms with E-state index in [-0.39, 0.29) is 24.9 Å². The van der Waals surface area contributed by atoms with Crippen molar-refractivity contribution in [3.63, 3.8) is 0 Å². The lowest BCUT2D eigenvalue weighted by Crippen LogP contribution is -2.42. The summed E-state index contributed by atoms with van der Waals surface area (Å²) in [5, 5.41) is 19.7. The fourth-order valence-corrected chi connectivity index (χ4v) is 3.60. The smallest absolute Gasteiger partial charge is 0.413 e. The molecule has 3 N–H and O–H groups in total. The Morgan fingerprint density at radius 2 is 1.66 bits per heavy atom. The maximum Gasteiger partial charge on any atom is 0.413 e. The van der Waals surface area contributed by atoms with Gasteiger partial charge >= 0.3 is 18.0 Å². The van der Waals surface area contributed by atoms with Gasteiger partial charge in [0.15, 0.2) is 11.6 Å². The summed E-state index contributed by atoms with van der Waals surface area (Å²) in [7, 11) is 0. The number of aliphatic carboxylic acids is 2. The van der Waals surface area contributed by atoms with E-state index in [1.165, 1.54) is 0 Å². The van der Waals surface area contributed by atoms with Crippen molar-refractivity contribution in [1.82, 2.24) is 5.32 Å².